The summed E-state index contributed by atoms with van der Waals surface area (Å²) in [5.74, 6) is 0. The molecule has 0 heterocycles. The molecule has 13 heavy (non-hydrogen) atoms. The van der Waals surface area contributed by atoms with E-state index >= 15 is 0 Å². The number of hydrogen-bond acceptors (Lipinski definition) is 5. The molecule has 5 nitrogen and oxygen atoms in total. The van der Waals surface area contributed by atoms with Gasteiger partial charge in [-0.2, -0.15) is 0 Å². The fraction of sp³-hybridized carbons (Fsp3) is 1.00. The van der Waals surface area contributed by atoms with E-state index in [0.29, 0.717) is 0 Å². The first-order valence-corrected chi connectivity index (χ1v) is 4.35. The Kier molecular flexibility index (Phi) is 4.28. The van der Waals surface area contributed by atoms with Crippen molar-refractivity contribution in [2.75, 3.05) is 21.1 Å². The van der Waals surface area contributed by atoms with Crippen LogP contribution in [0, 0.1) is 0 Å². The summed E-state index contributed by atoms with van der Waals surface area (Å²) in [5, 5.41) is 28.2. The number of likely N-dealkylation sites (N-methyl/N-ethyl adjacent to an activating group) is 3. The van der Waals surface area contributed by atoms with Gasteiger partial charge in [0.05, 0.1) is 6.04 Å². The van der Waals surface area contributed by atoms with Crippen molar-refractivity contribution in [3.63, 3.8) is 0 Å². The molecule has 80 valence electrons. The van der Waals surface area contributed by atoms with E-state index in [1.807, 2.05) is 0 Å². The molecule has 0 spiro atoms. The van der Waals surface area contributed by atoms with E-state index in [0.717, 1.165) is 0 Å². The summed E-state index contributed by atoms with van der Waals surface area (Å²) in [5.41, 5.74) is -2.82. The molecule has 0 aliphatic rings. The summed E-state index contributed by atoms with van der Waals surface area (Å²) < 4.78 is 0. The zero-order chi connectivity index (χ0) is 10.7. The molecule has 0 amide bonds. The Balaban J connectivity index is 4.81. The SMILES string of the molecule is CNC(C)C(O)(NC)C(C)(O)NC. The zero-order valence-corrected chi connectivity index (χ0v) is 8.97. The average Bonchev–Trinajstić information content (AvgIpc) is 2.14. The van der Waals surface area contributed by atoms with Crippen molar-refractivity contribution in [1.29, 1.82) is 0 Å². The van der Waals surface area contributed by atoms with Crippen LogP contribution in [0.3, 0.4) is 0 Å². The first-order chi connectivity index (χ1) is 5.85. The molecule has 0 aliphatic carbocycles. The highest BCUT2D eigenvalue weighted by atomic mass is 16.4. The van der Waals surface area contributed by atoms with E-state index in [1.54, 1.807) is 28.1 Å². The third kappa shape index (κ3) is 2.18. The van der Waals surface area contributed by atoms with Gasteiger partial charge in [0, 0.05) is 0 Å². The Morgan fingerprint density at radius 3 is 1.77 bits per heavy atom. The van der Waals surface area contributed by atoms with Gasteiger partial charge in [-0.1, -0.05) is 0 Å². The lowest BCUT2D eigenvalue weighted by Crippen LogP contribution is -2.73. The van der Waals surface area contributed by atoms with Gasteiger partial charge in [0.25, 0.3) is 0 Å². The van der Waals surface area contributed by atoms with Crippen LogP contribution in [-0.2, 0) is 0 Å². The molecular weight excluding hydrogens is 170 g/mol. The second-order valence-electron chi connectivity index (χ2n) is 3.35. The molecule has 0 saturated heterocycles. The molecule has 3 atom stereocenters. The van der Waals surface area contributed by atoms with Gasteiger partial charge in [0.15, 0.2) is 11.4 Å². The van der Waals surface area contributed by atoms with Crippen LogP contribution in [0.2, 0.25) is 0 Å². The smallest absolute Gasteiger partial charge is 0.173 e. The van der Waals surface area contributed by atoms with Crippen molar-refractivity contribution in [3.8, 4) is 0 Å². The third-order valence-corrected chi connectivity index (χ3v) is 2.67. The molecule has 3 unspecified atom stereocenters. The van der Waals surface area contributed by atoms with Gasteiger partial charge in [0.2, 0.25) is 0 Å². The molecule has 5 heteroatoms. The van der Waals surface area contributed by atoms with Gasteiger partial charge < -0.3 is 15.5 Å². The Bertz CT molecular complexity index is 163. The van der Waals surface area contributed by atoms with Crippen LogP contribution in [0.5, 0.6) is 0 Å². The Morgan fingerprint density at radius 2 is 1.54 bits per heavy atom. The first-order valence-electron chi connectivity index (χ1n) is 4.35. The average molecular weight is 191 g/mol. The summed E-state index contributed by atoms with van der Waals surface area (Å²) in [6, 6.07) is -0.292. The van der Waals surface area contributed by atoms with E-state index in [2.05, 4.69) is 16.0 Å². The molecule has 0 aromatic carbocycles. The van der Waals surface area contributed by atoms with Crippen LogP contribution in [0.1, 0.15) is 13.8 Å². The van der Waals surface area contributed by atoms with Crippen molar-refractivity contribution >= 4 is 0 Å². The Labute approximate surface area is 79.5 Å². The summed E-state index contributed by atoms with van der Waals surface area (Å²) in [6.07, 6.45) is 0. The number of nitrogens with one attached hydrogen (secondary N) is 3. The molecule has 0 aromatic heterocycles. The topological polar surface area (TPSA) is 76.5 Å². The highest BCUT2D eigenvalue weighted by molar-refractivity contribution is 4.97. The van der Waals surface area contributed by atoms with Crippen LogP contribution in [0.25, 0.3) is 0 Å². The third-order valence-electron chi connectivity index (χ3n) is 2.67. The van der Waals surface area contributed by atoms with Gasteiger partial charge in [0.1, 0.15) is 0 Å². The molecule has 0 fully saturated rings. The second kappa shape index (κ2) is 4.34. The number of rotatable bonds is 5. The van der Waals surface area contributed by atoms with Crippen molar-refractivity contribution in [2.24, 2.45) is 0 Å². The van der Waals surface area contributed by atoms with Gasteiger partial charge in [-0.3, -0.25) is 10.6 Å². The van der Waals surface area contributed by atoms with E-state index in [9.17, 15) is 10.2 Å². The normalized spacial score (nSPS) is 23.3. The van der Waals surface area contributed by atoms with Crippen molar-refractivity contribution in [3.05, 3.63) is 0 Å². The molecule has 0 rings (SSSR count). The summed E-state index contributed by atoms with van der Waals surface area (Å²) >= 11 is 0. The van der Waals surface area contributed by atoms with E-state index in [4.69, 9.17) is 0 Å². The maximum absolute atomic E-state index is 10.1. The number of aliphatic hydroxyl groups is 2. The van der Waals surface area contributed by atoms with Crippen LogP contribution >= 0.6 is 0 Å². The maximum atomic E-state index is 10.1. The van der Waals surface area contributed by atoms with E-state index < -0.39 is 11.4 Å². The fourth-order valence-corrected chi connectivity index (χ4v) is 1.28. The monoisotopic (exact) mass is 191 g/mol. The zero-order valence-electron chi connectivity index (χ0n) is 8.97. The molecule has 0 radical (unpaired) electrons. The first kappa shape index (κ1) is 12.8. The van der Waals surface area contributed by atoms with Crippen LogP contribution < -0.4 is 16.0 Å². The summed E-state index contributed by atoms with van der Waals surface area (Å²) in [4.78, 5) is 0. The standard InChI is InChI=1S/C8H21N3O2/c1-6(9-3)8(13,11-5)7(2,12)10-4/h6,9-13H,1-5H3. The van der Waals surface area contributed by atoms with Crippen LogP contribution in [0.4, 0.5) is 0 Å². The Morgan fingerprint density at radius 1 is 1.08 bits per heavy atom. The molecule has 0 aromatic rings. The van der Waals surface area contributed by atoms with Crippen LogP contribution in [0.15, 0.2) is 0 Å². The van der Waals surface area contributed by atoms with E-state index in [-0.39, 0.29) is 6.04 Å². The minimum atomic E-state index is -1.42. The lowest BCUT2D eigenvalue weighted by Gasteiger charge is -2.44. The fourth-order valence-electron chi connectivity index (χ4n) is 1.28. The highest BCUT2D eigenvalue weighted by Crippen LogP contribution is 2.19. The predicted molar refractivity (Wildman–Crippen MR) is 52.2 cm³/mol. The Hall–Kier alpha value is -0.200. The molecule has 0 saturated carbocycles. The largest absolute Gasteiger partial charge is 0.372 e. The minimum absolute atomic E-state index is 0.292. The van der Waals surface area contributed by atoms with Gasteiger partial charge >= 0.3 is 0 Å². The van der Waals surface area contributed by atoms with Crippen molar-refractivity contribution in [2.45, 2.75) is 31.3 Å². The minimum Gasteiger partial charge on any atom is -0.372 e. The van der Waals surface area contributed by atoms with Crippen molar-refractivity contribution in [1.82, 2.24) is 16.0 Å². The van der Waals surface area contributed by atoms with Gasteiger partial charge in [-0.25, -0.2) is 0 Å². The van der Waals surface area contributed by atoms with Gasteiger partial charge in [-0.05, 0) is 35.0 Å². The van der Waals surface area contributed by atoms with E-state index in [1.165, 1.54) is 6.92 Å². The maximum Gasteiger partial charge on any atom is 0.173 e. The molecular formula is C8H21N3O2. The number of hydrogen-bond donors (Lipinski definition) is 5. The van der Waals surface area contributed by atoms with Crippen molar-refractivity contribution < 1.29 is 10.2 Å². The van der Waals surface area contributed by atoms with Crippen LogP contribution in [-0.4, -0.2) is 48.8 Å². The molecule has 0 aliphatic heterocycles. The molecule has 5 N–H and O–H groups in total. The summed E-state index contributed by atoms with van der Waals surface area (Å²) in [7, 11) is 4.91. The van der Waals surface area contributed by atoms with Gasteiger partial charge in [-0.15, -0.1) is 0 Å². The second-order valence-corrected chi connectivity index (χ2v) is 3.35. The lowest BCUT2D eigenvalue weighted by atomic mass is 9.94. The highest BCUT2D eigenvalue weighted by Gasteiger charge is 2.47. The lowest BCUT2D eigenvalue weighted by molar-refractivity contribution is -0.185. The quantitative estimate of drug-likeness (QED) is 0.339. The predicted octanol–water partition coefficient (Wildman–Crippen LogP) is -1.57. The summed E-state index contributed by atoms with van der Waals surface area (Å²) in [6.45, 7) is 3.29. The molecule has 0 bridgehead atoms.